The van der Waals surface area contributed by atoms with E-state index in [1.807, 2.05) is 6.92 Å². The van der Waals surface area contributed by atoms with E-state index in [0.29, 0.717) is 18.0 Å². The Morgan fingerprint density at radius 1 is 1.47 bits per heavy atom. The van der Waals surface area contributed by atoms with E-state index < -0.39 is 5.41 Å². The molecule has 1 aromatic rings. The summed E-state index contributed by atoms with van der Waals surface area (Å²) in [5.41, 5.74) is 1.18. The highest BCUT2D eigenvalue weighted by Crippen LogP contribution is 2.32. The summed E-state index contributed by atoms with van der Waals surface area (Å²) < 4.78 is 0. The molecule has 0 aromatic carbocycles. The van der Waals surface area contributed by atoms with Gasteiger partial charge in [-0.05, 0) is 19.8 Å². The third kappa shape index (κ3) is 2.78. The number of likely N-dealkylation sites (tertiary alicyclic amines) is 1. The average Bonchev–Trinajstić information content (AvgIpc) is 2.90. The first-order valence-corrected chi connectivity index (χ1v) is 7.21. The van der Waals surface area contributed by atoms with Crippen molar-refractivity contribution in [1.29, 1.82) is 0 Å². The second-order valence-electron chi connectivity index (χ2n) is 5.46. The molecule has 104 valence electrons. The van der Waals surface area contributed by atoms with E-state index in [0.717, 1.165) is 12.8 Å². The van der Waals surface area contributed by atoms with Crippen molar-refractivity contribution in [3.8, 4) is 0 Å². The first kappa shape index (κ1) is 14.0. The number of hydrogen-bond acceptors (Lipinski definition) is 4. The van der Waals surface area contributed by atoms with Gasteiger partial charge in [-0.1, -0.05) is 0 Å². The highest BCUT2D eigenvalue weighted by atomic mass is 32.1. The lowest BCUT2D eigenvalue weighted by molar-refractivity contribution is -0.141. The number of thiazole rings is 1. The molecule has 1 saturated heterocycles. The fourth-order valence-corrected chi connectivity index (χ4v) is 3.19. The normalized spacial score (nSPS) is 23.2. The lowest BCUT2D eigenvalue weighted by Crippen LogP contribution is -2.51. The minimum absolute atomic E-state index is 0.0139. The maximum atomic E-state index is 12.3. The van der Waals surface area contributed by atoms with Crippen LogP contribution in [0.4, 0.5) is 0 Å². The van der Waals surface area contributed by atoms with Crippen LogP contribution in [0.5, 0.6) is 0 Å². The van der Waals surface area contributed by atoms with Gasteiger partial charge in [-0.3, -0.25) is 14.6 Å². The summed E-state index contributed by atoms with van der Waals surface area (Å²) in [6.07, 6.45) is 3.28. The zero-order valence-electron chi connectivity index (χ0n) is 11.5. The lowest BCUT2D eigenvalue weighted by Gasteiger charge is -2.40. The Morgan fingerprint density at radius 2 is 2.21 bits per heavy atom. The fraction of sp³-hybridized carbons (Fsp3) is 0.615. The molecule has 0 aliphatic carbocycles. The molecule has 6 heteroatoms. The zero-order valence-corrected chi connectivity index (χ0v) is 12.4. The molecule has 1 aliphatic heterocycles. The number of amides is 2. The number of rotatable bonds is 2. The molecule has 0 spiro atoms. The van der Waals surface area contributed by atoms with E-state index in [-0.39, 0.29) is 11.8 Å². The van der Waals surface area contributed by atoms with Gasteiger partial charge in [0.1, 0.15) is 4.88 Å². The van der Waals surface area contributed by atoms with E-state index in [1.54, 1.807) is 35.6 Å². The van der Waals surface area contributed by atoms with E-state index in [1.165, 1.54) is 11.3 Å². The Hall–Kier alpha value is -1.43. The number of nitrogens with zero attached hydrogens (tertiary/aromatic N) is 3. The molecule has 19 heavy (non-hydrogen) atoms. The predicted molar refractivity (Wildman–Crippen MR) is 74.1 cm³/mol. The molecule has 0 radical (unpaired) electrons. The van der Waals surface area contributed by atoms with Gasteiger partial charge >= 0.3 is 0 Å². The summed E-state index contributed by atoms with van der Waals surface area (Å²) in [5.74, 6) is 0.0780. The van der Waals surface area contributed by atoms with E-state index in [4.69, 9.17) is 0 Å². The van der Waals surface area contributed by atoms with Gasteiger partial charge in [-0.2, -0.15) is 0 Å². The van der Waals surface area contributed by atoms with Crippen molar-refractivity contribution in [2.75, 3.05) is 27.2 Å². The highest BCUT2D eigenvalue weighted by molar-refractivity contribution is 7.11. The number of hydrogen-bond donors (Lipinski definition) is 0. The quantitative estimate of drug-likeness (QED) is 0.825. The van der Waals surface area contributed by atoms with Crippen LogP contribution < -0.4 is 0 Å². The van der Waals surface area contributed by atoms with Crippen LogP contribution in [0.1, 0.15) is 29.4 Å². The lowest BCUT2D eigenvalue weighted by atomic mass is 9.80. The maximum absolute atomic E-state index is 12.3. The summed E-state index contributed by atoms with van der Waals surface area (Å²) in [6.45, 7) is 3.15. The van der Waals surface area contributed by atoms with Crippen LogP contribution in [0.15, 0.2) is 11.7 Å². The van der Waals surface area contributed by atoms with Crippen molar-refractivity contribution in [3.05, 3.63) is 16.6 Å². The summed E-state index contributed by atoms with van der Waals surface area (Å²) in [7, 11) is 3.52. The predicted octanol–water partition coefficient (Wildman–Crippen LogP) is 1.47. The Labute approximate surface area is 117 Å². The second kappa shape index (κ2) is 5.28. The monoisotopic (exact) mass is 281 g/mol. The topological polar surface area (TPSA) is 53.5 Å². The first-order valence-electron chi connectivity index (χ1n) is 6.33. The highest BCUT2D eigenvalue weighted by Gasteiger charge is 2.40. The number of carbonyl (C=O) groups is 2. The molecule has 1 aliphatic rings. The molecule has 0 N–H and O–H groups in total. The van der Waals surface area contributed by atoms with Gasteiger partial charge < -0.3 is 9.80 Å². The molecule has 5 nitrogen and oxygen atoms in total. The fourth-order valence-electron chi connectivity index (χ4n) is 2.60. The van der Waals surface area contributed by atoms with Crippen LogP contribution in [0, 0.1) is 5.41 Å². The maximum Gasteiger partial charge on any atom is 0.265 e. The number of aromatic nitrogens is 1. The molecule has 2 amide bonds. The SMILES string of the molecule is CN(C)C(=O)C1(C)CCCN(C(=O)c2cncs2)C1. The minimum Gasteiger partial charge on any atom is -0.348 e. The van der Waals surface area contributed by atoms with Gasteiger partial charge in [0, 0.05) is 27.2 Å². The van der Waals surface area contributed by atoms with Gasteiger partial charge in [0.25, 0.3) is 5.91 Å². The third-order valence-corrected chi connectivity index (χ3v) is 4.31. The van der Waals surface area contributed by atoms with Crippen LogP contribution in [-0.2, 0) is 4.79 Å². The smallest absolute Gasteiger partial charge is 0.265 e. The van der Waals surface area contributed by atoms with Crippen LogP contribution >= 0.6 is 11.3 Å². The third-order valence-electron chi connectivity index (χ3n) is 3.55. The van der Waals surface area contributed by atoms with Gasteiger partial charge in [0.15, 0.2) is 0 Å². The molecule has 1 fully saturated rings. The Balaban J connectivity index is 2.13. The van der Waals surface area contributed by atoms with Crippen LogP contribution in [0.3, 0.4) is 0 Å². The summed E-state index contributed by atoms with van der Waals surface area (Å²) in [4.78, 5) is 32.5. The summed E-state index contributed by atoms with van der Waals surface area (Å²) >= 11 is 1.34. The Kier molecular flexibility index (Phi) is 3.89. The van der Waals surface area contributed by atoms with E-state index in [2.05, 4.69) is 4.98 Å². The van der Waals surface area contributed by atoms with Crippen LogP contribution in [0.2, 0.25) is 0 Å². The van der Waals surface area contributed by atoms with Crippen molar-refractivity contribution >= 4 is 23.2 Å². The van der Waals surface area contributed by atoms with Crippen LogP contribution in [0.25, 0.3) is 0 Å². The summed E-state index contributed by atoms with van der Waals surface area (Å²) in [6, 6.07) is 0. The number of carbonyl (C=O) groups excluding carboxylic acids is 2. The molecular weight excluding hydrogens is 262 g/mol. The molecule has 1 atom stereocenters. The second-order valence-corrected chi connectivity index (χ2v) is 6.34. The molecule has 0 saturated carbocycles. The van der Waals surface area contributed by atoms with Gasteiger partial charge in [-0.25, -0.2) is 0 Å². The van der Waals surface area contributed by atoms with E-state index >= 15 is 0 Å². The molecule has 1 aromatic heterocycles. The summed E-state index contributed by atoms with van der Waals surface area (Å²) in [5, 5.41) is 0. The Morgan fingerprint density at radius 3 is 2.79 bits per heavy atom. The standard InChI is InChI=1S/C13H19N3O2S/c1-13(12(18)15(2)3)5-4-6-16(8-13)11(17)10-7-14-9-19-10/h7,9H,4-6,8H2,1-3H3. The van der Waals surface area contributed by atoms with Gasteiger partial charge in [0.2, 0.25) is 5.91 Å². The van der Waals surface area contributed by atoms with Crippen molar-refractivity contribution in [2.24, 2.45) is 5.41 Å². The molecule has 0 bridgehead atoms. The molecular formula is C13H19N3O2S. The van der Waals surface area contributed by atoms with E-state index in [9.17, 15) is 9.59 Å². The van der Waals surface area contributed by atoms with Crippen molar-refractivity contribution in [1.82, 2.24) is 14.8 Å². The first-order chi connectivity index (χ1) is 8.94. The van der Waals surface area contributed by atoms with Gasteiger partial charge in [0.05, 0.1) is 17.1 Å². The van der Waals surface area contributed by atoms with Crippen molar-refractivity contribution in [3.63, 3.8) is 0 Å². The molecule has 2 rings (SSSR count). The largest absolute Gasteiger partial charge is 0.348 e. The number of piperidine rings is 1. The Bertz CT molecular complexity index is 472. The molecule has 2 heterocycles. The van der Waals surface area contributed by atoms with Crippen molar-refractivity contribution < 1.29 is 9.59 Å². The minimum atomic E-state index is -0.470. The van der Waals surface area contributed by atoms with Crippen LogP contribution in [-0.4, -0.2) is 53.8 Å². The van der Waals surface area contributed by atoms with Crippen molar-refractivity contribution in [2.45, 2.75) is 19.8 Å². The molecule has 1 unspecified atom stereocenters. The average molecular weight is 281 g/mol. The zero-order chi connectivity index (χ0) is 14.0. The van der Waals surface area contributed by atoms with Gasteiger partial charge in [-0.15, -0.1) is 11.3 Å².